The van der Waals surface area contributed by atoms with E-state index in [0.717, 1.165) is 23.7 Å². The Morgan fingerprint density at radius 2 is 1.79 bits per heavy atom. The van der Waals surface area contributed by atoms with Crippen molar-refractivity contribution in [1.29, 1.82) is 0 Å². The summed E-state index contributed by atoms with van der Waals surface area (Å²) in [6, 6.07) is 17.2. The van der Waals surface area contributed by atoms with Crippen molar-refractivity contribution in [3.63, 3.8) is 0 Å². The molecule has 0 heterocycles. The summed E-state index contributed by atoms with van der Waals surface area (Å²) in [5.41, 5.74) is 1.03. The molecular weight excluding hydrogens is 389 g/mol. The van der Waals surface area contributed by atoms with Gasteiger partial charge in [0, 0.05) is 11.6 Å². The molecule has 1 N–H and O–H groups in total. The second kappa shape index (κ2) is 9.59. The third-order valence-corrected chi connectivity index (χ3v) is 8.12. The summed E-state index contributed by atoms with van der Waals surface area (Å²) in [5, 5.41) is 4.68. The predicted molar refractivity (Wildman–Crippen MR) is 118 cm³/mol. The molecule has 28 heavy (non-hydrogen) atoms. The molecule has 4 atom stereocenters. The number of rotatable bonds is 7. The van der Waals surface area contributed by atoms with Crippen LogP contribution in [0.5, 0.6) is 0 Å². The molecule has 0 saturated heterocycles. The van der Waals surface area contributed by atoms with Crippen LogP contribution in [0, 0.1) is 17.8 Å². The van der Waals surface area contributed by atoms with E-state index in [2.05, 4.69) is 25.9 Å². The Kier molecular flexibility index (Phi) is 7.39. The van der Waals surface area contributed by atoms with Crippen LogP contribution in [0.25, 0.3) is 0 Å². The zero-order chi connectivity index (χ0) is 20.1. The van der Waals surface area contributed by atoms with Crippen molar-refractivity contribution in [1.82, 2.24) is 5.09 Å². The highest BCUT2D eigenvalue weighted by molar-refractivity contribution is 7.65. The summed E-state index contributed by atoms with van der Waals surface area (Å²) >= 11 is 5.99. The Morgan fingerprint density at radius 3 is 2.43 bits per heavy atom. The molecule has 0 aliphatic heterocycles. The number of benzene rings is 2. The van der Waals surface area contributed by atoms with E-state index < -0.39 is 7.52 Å². The smallest absolute Gasteiger partial charge is 0.300 e. The van der Waals surface area contributed by atoms with Crippen molar-refractivity contribution in [2.45, 2.75) is 52.7 Å². The zero-order valence-corrected chi connectivity index (χ0v) is 18.6. The molecule has 152 valence electrons. The Labute approximate surface area is 174 Å². The molecular formula is C23H31ClNO2P. The summed E-state index contributed by atoms with van der Waals surface area (Å²) in [5.74, 6) is 1.55. The average molecular weight is 420 g/mol. The fraction of sp³-hybridized carbons (Fsp3) is 0.478. The maximum absolute atomic E-state index is 14.0. The van der Waals surface area contributed by atoms with E-state index in [4.69, 9.17) is 16.1 Å². The van der Waals surface area contributed by atoms with Gasteiger partial charge in [0.25, 0.3) is 7.52 Å². The van der Waals surface area contributed by atoms with Crippen molar-refractivity contribution in [2.24, 2.45) is 17.8 Å². The first-order chi connectivity index (χ1) is 13.4. The van der Waals surface area contributed by atoms with Gasteiger partial charge in [-0.15, -0.1) is 0 Å². The molecule has 0 bridgehead atoms. The van der Waals surface area contributed by atoms with Crippen molar-refractivity contribution in [3.8, 4) is 0 Å². The van der Waals surface area contributed by atoms with Gasteiger partial charge in [-0.25, -0.2) is 5.09 Å². The summed E-state index contributed by atoms with van der Waals surface area (Å²) in [7, 11) is -3.20. The second-order valence-electron chi connectivity index (χ2n) is 8.32. The maximum Gasteiger partial charge on any atom is 0.300 e. The Balaban J connectivity index is 1.83. The molecule has 1 fully saturated rings. The van der Waals surface area contributed by atoms with Crippen LogP contribution in [0.15, 0.2) is 54.6 Å². The Morgan fingerprint density at radius 1 is 1.11 bits per heavy atom. The van der Waals surface area contributed by atoms with Gasteiger partial charge in [-0.2, -0.15) is 0 Å². The molecule has 0 amide bonds. The molecule has 1 aliphatic carbocycles. The second-order valence-corrected chi connectivity index (χ2v) is 10.9. The highest BCUT2D eigenvalue weighted by atomic mass is 35.5. The largest absolute Gasteiger partial charge is 0.311 e. The van der Waals surface area contributed by atoms with Crippen LogP contribution in [0.4, 0.5) is 0 Å². The first-order valence-corrected chi connectivity index (χ1v) is 12.2. The van der Waals surface area contributed by atoms with Gasteiger partial charge >= 0.3 is 0 Å². The first kappa shape index (κ1) is 21.6. The van der Waals surface area contributed by atoms with Crippen LogP contribution in [-0.4, -0.2) is 6.10 Å². The normalized spacial score (nSPS) is 24.8. The van der Waals surface area contributed by atoms with Crippen LogP contribution in [0.3, 0.4) is 0 Å². The van der Waals surface area contributed by atoms with Crippen LogP contribution < -0.4 is 10.4 Å². The van der Waals surface area contributed by atoms with E-state index in [0.29, 0.717) is 29.3 Å². The van der Waals surface area contributed by atoms with Gasteiger partial charge in [0.05, 0.1) is 11.4 Å². The Hall–Kier alpha value is -1.12. The molecule has 1 saturated carbocycles. The van der Waals surface area contributed by atoms with Crippen molar-refractivity contribution in [2.75, 3.05) is 0 Å². The third kappa shape index (κ3) is 5.48. The SMILES string of the molecule is CC(C)[C@H]1CC[C@@H](C)C[C@H]1O[P@@](=O)(NCc1ccc(Cl)cc1)c1ccccc1. The predicted octanol–water partition coefficient (Wildman–Crippen LogP) is 6.43. The van der Waals surface area contributed by atoms with Gasteiger partial charge in [-0.3, -0.25) is 4.57 Å². The number of hydrogen-bond acceptors (Lipinski definition) is 2. The maximum atomic E-state index is 14.0. The minimum atomic E-state index is -3.20. The highest BCUT2D eigenvalue weighted by Crippen LogP contribution is 2.48. The highest BCUT2D eigenvalue weighted by Gasteiger charge is 2.37. The van der Waals surface area contributed by atoms with E-state index >= 15 is 0 Å². The van der Waals surface area contributed by atoms with E-state index in [1.807, 2.05) is 54.6 Å². The van der Waals surface area contributed by atoms with Crippen LogP contribution in [0.2, 0.25) is 5.02 Å². The fourth-order valence-corrected chi connectivity index (χ4v) is 6.12. The lowest BCUT2D eigenvalue weighted by Crippen LogP contribution is -2.36. The third-order valence-electron chi connectivity index (χ3n) is 5.75. The van der Waals surface area contributed by atoms with Gasteiger partial charge in [0.15, 0.2) is 0 Å². The van der Waals surface area contributed by atoms with Crippen LogP contribution >= 0.6 is 19.1 Å². The standard InChI is InChI=1S/C23H31ClNO2P/c1-17(2)22-14-9-18(3)15-23(22)27-28(26,21-7-5-4-6-8-21)25-16-19-10-12-20(24)13-11-19/h4-8,10-13,17-18,22-23H,9,14-16H2,1-3H3,(H,25,26)/t18-,22-,23-,28-/m1/s1. The molecule has 2 aromatic rings. The van der Waals surface area contributed by atoms with Crippen LogP contribution in [-0.2, 0) is 15.6 Å². The van der Waals surface area contributed by atoms with E-state index in [1.165, 1.54) is 6.42 Å². The molecule has 2 aromatic carbocycles. The average Bonchev–Trinajstić information content (AvgIpc) is 2.68. The first-order valence-electron chi connectivity index (χ1n) is 10.2. The minimum Gasteiger partial charge on any atom is -0.311 e. The van der Waals surface area contributed by atoms with E-state index in [9.17, 15) is 4.57 Å². The molecule has 0 aromatic heterocycles. The molecule has 1 aliphatic rings. The van der Waals surface area contributed by atoms with E-state index in [-0.39, 0.29) is 6.10 Å². The van der Waals surface area contributed by atoms with Crippen molar-refractivity contribution >= 4 is 24.4 Å². The van der Waals surface area contributed by atoms with Crippen molar-refractivity contribution < 1.29 is 9.09 Å². The molecule has 3 rings (SSSR count). The summed E-state index contributed by atoms with van der Waals surface area (Å²) in [6.45, 7) is 7.22. The van der Waals surface area contributed by atoms with Crippen molar-refractivity contribution in [3.05, 3.63) is 65.2 Å². The number of halogens is 1. The summed E-state index contributed by atoms with van der Waals surface area (Å²) < 4.78 is 20.5. The molecule has 0 spiro atoms. The fourth-order valence-electron chi connectivity index (χ4n) is 4.04. The Bertz CT molecular complexity index is 794. The number of nitrogens with one attached hydrogen (secondary N) is 1. The van der Waals surface area contributed by atoms with Gasteiger partial charge in [0.2, 0.25) is 0 Å². The molecule has 3 nitrogen and oxygen atoms in total. The molecule has 0 unspecified atom stereocenters. The van der Waals surface area contributed by atoms with Gasteiger partial charge in [0.1, 0.15) is 0 Å². The minimum absolute atomic E-state index is 0.00695. The van der Waals surface area contributed by atoms with Crippen LogP contribution in [0.1, 0.15) is 45.6 Å². The topological polar surface area (TPSA) is 38.3 Å². The summed E-state index contributed by atoms with van der Waals surface area (Å²) in [4.78, 5) is 0. The van der Waals surface area contributed by atoms with Gasteiger partial charge < -0.3 is 4.52 Å². The monoisotopic (exact) mass is 419 g/mol. The quantitative estimate of drug-likeness (QED) is 0.526. The number of hydrogen-bond donors (Lipinski definition) is 1. The lowest BCUT2D eigenvalue weighted by atomic mass is 9.75. The van der Waals surface area contributed by atoms with Gasteiger partial charge in [-0.1, -0.05) is 69.1 Å². The van der Waals surface area contributed by atoms with E-state index in [1.54, 1.807) is 0 Å². The lowest BCUT2D eigenvalue weighted by Gasteiger charge is -2.39. The molecule has 5 heteroatoms. The molecule has 0 radical (unpaired) electrons. The summed E-state index contributed by atoms with van der Waals surface area (Å²) in [6.07, 6.45) is 3.32. The lowest BCUT2D eigenvalue weighted by molar-refractivity contribution is 0.0483. The van der Waals surface area contributed by atoms with Gasteiger partial charge in [-0.05, 0) is 60.4 Å². The zero-order valence-electron chi connectivity index (χ0n) is 17.0.